The second kappa shape index (κ2) is 5.36. The zero-order chi connectivity index (χ0) is 13.8. The van der Waals surface area contributed by atoms with Gasteiger partial charge >= 0.3 is 12.1 Å². The van der Waals surface area contributed by atoms with Crippen molar-refractivity contribution in [3.63, 3.8) is 0 Å². The fourth-order valence-corrected chi connectivity index (χ4v) is 1.20. The van der Waals surface area contributed by atoms with E-state index in [0.717, 1.165) is 37.5 Å². The summed E-state index contributed by atoms with van der Waals surface area (Å²) in [6, 6.07) is 4.42. The van der Waals surface area contributed by atoms with Crippen molar-refractivity contribution in [2.24, 2.45) is 0 Å². The lowest BCUT2D eigenvalue weighted by atomic mass is 10.0. The van der Waals surface area contributed by atoms with Gasteiger partial charge in [-0.3, -0.25) is 0 Å². The largest absolute Gasteiger partial charge is 0.466 e. The first-order valence-electron chi connectivity index (χ1n) is 4.76. The van der Waals surface area contributed by atoms with Gasteiger partial charge in [0.1, 0.15) is 0 Å². The Balaban J connectivity index is 3.20. The molecule has 0 aliphatic heterocycles. The smallest absolute Gasteiger partial charge is 0.416 e. The standard InChI is InChI=1S/C12H8F3NO2/c1-18-11(17)5-3-8-6-10(12(13,14)15)4-2-9(8)7-16/h2-6H,1H3. The van der Waals surface area contributed by atoms with Gasteiger partial charge in [0.15, 0.2) is 0 Å². The Morgan fingerprint density at radius 3 is 2.61 bits per heavy atom. The lowest BCUT2D eigenvalue weighted by molar-refractivity contribution is -0.137. The minimum Gasteiger partial charge on any atom is -0.466 e. The third-order valence-corrected chi connectivity index (χ3v) is 2.10. The Hall–Kier alpha value is -2.29. The Labute approximate surface area is 101 Å². The molecule has 0 unspecified atom stereocenters. The van der Waals surface area contributed by atoms with Crippen LogP contribution >= 0.6 is 0 Å². The number of nitriles is 1. The Morgan fingerprint density at radius 2 is 2.11 bits per heavy atom. The van der Waals surface area contributed by atoms with Gasteiger partial charge in [0.2, 0.25) is 0 Å². The fourth-order valence-electron chi connectivity index (χ4n) is 1.20. The van der Waals surface area contributed by atoms with Crippen molar-refractivity contribution in [2.75, 3.05) is 7.11 Å². The number of halogens is 3. The highest BCUT2D eigenvalue weighted by Gasteiger charge is 2.30. The molecule has 6 heteroatoms. The average Bonchev–Trinajstić information content (AvgIpc) is 2.34. The molecule has 0 saturated heterocycles. The molecule has 94 valence electrons. The topological polar surface area (TPSA) is 50.1 Å². The predicted molar refractivity (Wildman–Crippen MR) is 57.2 cm³/mol. The summed E-state index contributed by atoms with van der Waals surface area (Å²) in [4.78, 5) is 10.9. The zero-order valence-corrected chi connectivity index (χ0v) is 9.28. The minimum absolute atomic E-state index is 0.0118. The highest BCUT2D eigenvalue weighted by molar-refractivity contribution is 5.87. The molecule has 0 bridgehead atoms. The highest BCUT2D eigenvalue weighted by atomic mass is 19.4. The number of ether oxygens (including phenoxy) is 1. The molecule has 0 N–H and O–H groups in total. The number of methoxy groups -OCH3 is 1. The molecule has 3 nitrogen and oxygen atoms in total. The van der Waals surface area contributed by atoms with E-state index < -0.39 is 17.7 Å². The number of hydrogen-bond donors (Lipinski definition) is 0. The van der Waals surface area contributed by atoms with Gasteiger partial charge < -0.3 is 4.74 Å². The van der Waals surface area contributed by atoms with Crippen LogP contribution in [-0.4, -0.2) is 13.1 Å². The van der Waals surface area contributed by atoms with E-state index in [1.54, 1.807) is 6.07 Å². The number of esters is 1. The van der Waals surface area contributed by atoms with E-state index in [2.05, 4.69) is 4.74 Å². The van der Waals surface area contributed by atoms with Crippen LogP contribution in [0.3, 0.4) is 0 Å². The van der Waals surface area contributed by atoms with E-state index >= 15 is 0 Å². The van der Waals surface area contributed by atoms with E-state index in [4.69, 9.17) is 5.26 Å². The molecule has 1 rings (SSSR count). The van der Waals surface area contributed by atoms with Crippen LogP contribution in [-0.2, 0) is 15.7 Å². The van der Waals surface area contributed by atoms with Gasteiger partial charge in [-0.1, -0.05) is 0 Å². The lowest BCUT2D eigenvalue weighted by Crippen LogP contribution is -2.05. The summed E-state index contributed by atoms with van der Waals surface area (Å²) in [5.41, 5.74) is -0.827. The number of nitrogens with zero attached hydrogens (tertiary/aromatic N) is 1. The SMILES string of the molecule is COC(=O)C=Cc1cc(C(F)(F)F)ccc1C#N. The monoisotopic (exact) mass is 255 g/mol. The number of carbonyl (C=O) groups excluding carboxylic acids is 1. The molecule has 1 aromatic rings. The van der Waals surface area contributed by atoms with E-state index in [1.807, 2.05) is 0 Å². The number of rotatable bonds is 2. The second-order valence-corrected chi connectivity index (χ2v) is 3.27. The van der Waals surface area contributed by atoms with Gasteiger partial charge in [0, 0.05) is 6.08 Å². The normalized spacial score (nSPS) is 11.3. The van der Waals surface area contributed by atoms with Gasteiger partial charge in [-0.25, -0.2) is 4.79 Å². The van der Waals surface area contributed by atoms with Crippen molar-refractivity contribution in [1.29, 1.82) is 5.26 Å². The van der Waals surface area contributed by atoms with Crippen molar-refractivity contribution < 1.29 is 22.7 Å². The van der Waals surface area contributed by atoms with Crippen molar-refractivity contribution in [3.05, 3.63) is 41.0 Å². The highest BCUT2D eigenvalue weighted by Crippen LogP contribution is 2.30. The van der Waals surface area contributed by atoms with Crippen molar-refractivity contribution in [3.8, 4) is 6.07 Å². The molecule has 0 atom stereocenters. The zero-order valence-electron chi connectivity index (χ0n) is 9.28. The molecule has 0 fully saturated rings. The summed E-state index contributed by atoms with van der Waals surface area (Å²) in [5.74, 6) is -0.712. The fraction of sp³-hybridized carbons (Fsp3) is 0.167. The van der Waals surface area contributed by atoms with Gasteiger partial charge in [0.05, 0.1) is 24.3 Å². The Kier molecular flexibility index (Phi) is 4.10. The summed E-state index contributed by atoms with van der Waals surface area (Å²) >= 11 is 0. The first-order valence-corrected chi connectivity index (χ1v) is 4.76. The van der Waals surface area contributed by atoms with E-state index in [-0.39, 0.29) is 11.1 Å². The predicted octanol–water partition coefficient (Wildman–Crippen LogP) is 2.76. The molecule has 0 aliphatic rings. The molecular weight excluding hydrogens is 247 g/mol. The number of hydrogen-bond acceptors (Lipinski definition) is 3. The lowest BCUT2D eigenvalue weighted by Gasteiger charge is -2.08. The van der Waals surface area contributed by atoms with Crippen molar-refractivity contribution in [1.82, 2.24) is 0 Å². The van der Waals surface area contributed by atoms with Crippen LogP contribution < -0.4 is 0 Å². The van der Waals surface area contributed by atoms with Crippen LogP contribution in [0.15, 0.2) is 24.3 Å². The van der Waals surface area contributed by atoms with E-state index in [1.165, 1.54) is 0 Å². The molecule has 0 heterocycles. The molecule has 0 aliphatic carbocycles. The molecule has 0 amide bonds. The molecule has 18 heavy (non-hydrogen) atoms. The maximum atomic E-state index is 12.5. The van der Waals surface area contributed by atoms with Crippen LogP contribution in [0, 0.1) is 11.3 Å². The summed E-state index contributed by atoms with van der Waals surface area (Å²) in [7, 11) is 1.14. The first-order chi connectivity index (χ1) is 8.38. The quantitative estimate of drug-likeness (QED) is 0.603. The Morgan fingerprint density at radius 1 is 1.44 bits per heavy atom. The van der Waals surface area contributed by atoms with E-state index in [9.17, 15) is 18.0 Å². The van der Waals surface area contributed by atoms with Crippen LogP contribution in [0.1, 0.15) is 16.7 Å². The van der Waals surface area contributed by atoms with Crippen LogP contribution in [0.4, 0.5) is 13.2 Å². The number of benzene rings is 1. The Bertz CT molecular complexity index is 527. The molecule has 0 saturated carbocycles. The molecule has 0 aromatic heterocycles. The molecule has 0 spiro atoms. The summed E-state index contributed by atoms with van der Waals surface area (Å²) in [6.45, 7) is 0. The summed E-state index contributed by atoms with van der Waals surface area (Å²) in [5, 5.41) is 8.75. The van der Waals surface area contributed by atoms with Crippen LogP contribution in [0.5, 0.6) is 0 Å². The van der Waals surface area contributed by atoms with Gasteiger partial charge in [-0.2, -0.15) is 18.4 Å². The van der Waals surface area contributed by atoms with Gasteiger partial charge in [-0.05, 0) is 29.8 Å². The van der Waals surface area contributed by atoms with Crippen LogP contribution in [0.2, 0.25) is 0 Å². The summed E-state index contributed by atoms with van der Waals surface area (Å²) < 4.78 is 41.7. The maximum Gasteiger partial charge on any atom is 0.416 e. The van der Waals surface area contributed by atoms with E-state index in [0.29, 0.717) is 0 Å². The van der Waals surface area contributed by atoms with Crippen LogP contribution in [0.25, 0.3) is 6.08 Å². The second-order valence-electron chi connectivity index (χ2n) is 3.27. The number of carbonyl (C=O) groups is 1. The van der Waals surface area contributed by atoms with Crippen molar-refractivity contribution >= 4 is 12.0 Å². The number of alkyl halides is 3. The maximum absolute atomic E-state index is 12.5. The van der Waals surface area contributed by atoms with Gasteiger partial charge in [-0.15, -0.1) is 0 Å². The third-order valence-electron chi connectivity index (χ3n) is 2.10. The third kappa shape index (κ3) is 3.35. The van der Waals surface area contributed by atoms with Crippen molar-refractivity contribution in [2.45, 2.75) is 6.18 Å². The average molecular weight is 255 g/mol. The first kappa shape index (κ1) is 13.8. The minimum atomic E-state index is -4.50. The summed E-state index contributed by atoms with van der Waals surface area (Å²) in [6.07, 6.45) is -2.43. The van der Waals surface area contributed by atoms with Gasteiger partial charge in [0.25, 0.3) is 0 Å². The molecule has 1 aromatic carbocycles. The molecular formula is C12H8F3NO2. The molecule has 0 radical (unpaired) electrons.